The van der Waals surface area contributed by atoms with Gasteiger partial charge in [0, 0.05) is 50.3 Å². The Bertz CT molecular complexity index is 4360. The Kier molecular flexibility index (Phi) is 9.41. The Balaban J connectivity index is 0.942. The Morgan fingerprint density at radius 2 is 0.824 bits per heavy atom. The SMILES string of the molecule is [2H]c1c([2H])c(N(c2ccccc2)c2ccc3c(c2)C(c2ccccc2)(c2ccccc2)c2ccccc2-3)c([2H])c([2H])c1-c1cccc2c(N(c3ccccc3)c3ccc4c5ccccc5n(-c5ccccc5)c4c3)cccc12. The summed E-state index contributed by atoms with van der Waals surface area (Å²) in [6, 6.07) is 93.7. The molecule has 3 nitrogen and oxygen atoms in total. The average molecular weight is 948 g/mol. The van der Waals surface area contributed by atoms with Crippen molar-refractivity contribution in [3.8, 4) is 27.9 Å². The molecule has 348 valence electrons. The lowest BCUT2D eigenvalue weighted by Crippen LogP contribution is -2.28. The fourth-order valence-corrected chi connectivity index (χ4v) is 11.8. The minimum absolute atomic E-state index is 0.125. The van der Waals surface area contributed by atoms with Crippen LogP contribution in [0.15, 0.2) is 297 Å². The summed E-state index contributed by atoms with van der Waals surface area (Å²) in [5, 5.41) is 4.03. The number of benzene rings is 12. The summed E-state index contributed by atoms with van der Waals surface area (Å²) in [5.41, 5.74) is 14.6. The molecular weight excluding hydrogens is 895 g/mol. The minimum Gasteiger partial charge on any atom is -0.310 e. The zero-order valence-corrected chi connectivity index (χ0v) is 40.3. The van der Waals surface area contributed by atoms with Gasteiger partial charge in [0.15, 0.2) is 0 Å². The predicted octanol–water partition coefficient (Wildman–Crippen LogP) is 18.9. The van der Waals surface area contributed by atoms with E-state index in [2.05, 4.69) is 191 Å². The summed E-state index contributed by atoms with van der Waals surface area (Å²) >= 11 is 0. The van der Waals surface area contributed by atoms with Crippen LogP contribution in [0.5, 0.6) is 0 Å². The molecule has 1 aliphatic rings. The fourth-order valence-electron chi connectivity index (χ4n) is 11.8. The number of anilines is 6. The van der Waals surface area contributed by atoms with E-state index in [1.54, 1.807) is 0 Å². The molecule has 1 aliphatic carbocycles. The lowest BCUT2D eigenvalue weighted by Gasteiger charge is -2.35. The van der Waals surface area contributed by atoms with Crippen LogP contribution in [0.25, 0.3) is 60.5 Å². The molecule has 0 N–H and O–H groups in total. The van der Waals surface area contributed by atoms with Crippen molar-refractivity contribution in [2.24, 2.45) is 0 Å². The number of hydrogen-bond acceptors (Lipinski definition) is 2. The first-order valence-corrected chi connectivity index (χ1v) is 25.2. The van der Waals surface area contributed by atoms with Crippen molar-refractivity contribution in [1.29, 1.82) is 0 Å². The topological polar surface area (TPSA) is 11.4 Å². The van der Waals surface area contributed by atoms with E-state index in [1.807, 2.05) is 95.9 Å². The monoisotopic (exact) mass is 947 g/mol. The summed E-state index contributed by atoms with van der Waals surface area (Å²) in [7, 11) is 0. The number of hydrogen-bond donors (Lipinski definition) is 0. The number of para-hydroxylation sites is 4. The molecule has 0 amide bonds. The molecule has 0 atom stereocenters. The molecule has 12 aromatic carbocycles. The summed E-state index contributed by atoms with van der Waals surface area (Å²) in [5.74, 6) is 0. The van der Waals surface area contributed by atoms with Gasteiger partial charge in [-0.1, -0.05) is 212 Å². The number of fused-ring (bicyclic) bond motifs is 7. The van der Waals surface area contributed by atoms with Crippen LogP contribution >= 0.6 is 0 Å². The highest BCUT2D eigenvalue weighted by Gasteiger charge is 2.46. The number of nitrogens with zero attached hydrogens (tertiary/aromatic N) is 3. The Labute approximate surface area is 437 Å². The molecule has 13 aromatic rings. The van der Waals surface area contributed by atoms with Crippen molar-refractivity contribution in [3.63, 3.8) is 0 Å². The van der Waals surface area contributed by atoms with Gasteiger partial charge in [0.05, 0.1) is 27.6 Å². The van der Waals surface area contributed by atoms with Crippen molar-refractivity contribution in [2.45, 2.75) is 5.41 Å². The quantitative estimate of drug-likeness (QED) is 0.135. The zero-order chi connectivity index (χ0) is 52.5. The van der Waals surface area contributed by atoms with Gasteiger partial charge < -0.3 is 14.4 Å². The van der Waals surface area contributed by atoms with Gasteiger partial charge in [-0.2, -0.15) is 0 Å². The van der Waals surface area contributed by atoms with Gasteiger partial charge in [0.1, 0.15) is 0 Å². The maximum Gasteiger partial charge on any atom is 0.0714 e. The van der Waals surface area contributed by atoms with E-state index in [-0.39, 0.29) is 35.4 Å². The van der Waals surface area contributed by atoms with Crippen LogP contribution in [-0.2, 0) is 5.41 Å². The predicted molar refractivity (Wildman–Crippen MR) is 310 cm³/mol. The van der Waals surface area contributed by atoms with Gasteiger partial charge in [-0.15, -0.1) is 0 Å². The van der Waals surface area contributed by atoms with E-state index >= 15 is 0 Å². The molecule has 0 aliphatic heterocycles. The first-order valence-electron chi connectivity index (χ1n) is 27.2. The smallest absolute Gasteiger partial charge is 0.0714 e. The van der Waals surface area contributed by atoms with Crippen LogP contribution < -0.4 is 9.80 Å². The van der Waals surface area contributed by atoms with E-state index in [0.717, 1.165) is 83.4 Å². The van der Waals surface area contributed by atoms with E-state index in [9.17, 15) is 5.48 Å². The second-order valence-corrected chi connectivity index (χ2v) is 18.9. The zero-order valence-electron chi connectivity index (χ0n) is 44.3. The van der Waals surface area contributed by atoms with Gasteiger partial charge >= 0.3 is 0 Å². The lowest BCUT2D eigenvalue weighted by atomic mass is 9.67. The van der Waals surface area contributed by atoms with Crippen LogP contribution in [-0.4, -0.2) is 4.57 Å². The first kappa shape index (κ1) is 39.0. The van der Waals surface area contributed by atoms with Crippen molar-refractivity contribution in [3.05, 3.63) is 319 Å². The van der Waals surface area contributed by atoms with Crippen molar-refractivity contribution >= 4 is 66.7 Å². The molecule has 0 saturated carbocycles. The third-order valence-corrected chi connectivity index (χ3v) is 14.9. The van der Waals surface area contributed by atoms with Crippen molar-refractivity contribution in [2.75, 3.05) is 9.80 Å². The molecule has 14 rings (SSSR count). The maximum atomic E-state index is 10.0. The Hall–Kier alpha value is -9.70. The molecule has 0 spiro atoms. The molecule has 0 saturated heterocycles. The summed E-state index contributed by atoms with van der Waals surface area (Å²) in [6.45, 7) is 0. The largest absolute Gasteiger partial charge is 0.310 e. The summed E-state index contributed by atoms with van der Waals surface area (Å²) < 4.78 is 42.4. The normalized spacial score (nSPS) is 13.2. The van der Waals surface area contributed by atoms with Crippen molar-refractivity contribution < 1.29 is 5.48 Å². The highest BCUT2D eigenvalue weighted by atomic mass is 15.2. The van der Waals surface area contributed by atoms with E-state index in [4.69, 9.17) is 0 Å². The Morgan fingerprint density at radius 1 is 0.311 bits per heavy atom. The lowest BCUT2D eigenvalue weighted by molar-refractivity contribution is 0.768. The van der Waals surface area contributed by atoms with Crippen LogP contribution in [0.3, 0.4) is 0 Å². The molecule has 74 heavy (non-hydrogen) atoms. The van der Waals surface area contributed by atoms with Gasteiger partial charge in [0.2, 0.25) is 0 Å². The fraction of sp³-hybridized carbons (Fsp3) is 0.0141. The standard InChI is InChI=1S/C71H49N3/c1-6-22-51(23-7-1)71(52-24-8-2-9-25-52)66-37-18-16-32-61(66)62-46-44-57(48-67(62)71)72(53-26-10-3-11-27-53)56-42-40-50(41-43-56)59-34-20-36-63-60(59)35-21-39-68(63)73(54-28-12-4-13-29-54)58-45-47-65-64-33-17-19-38-69(64)74(70(65)49-58)55-30-14-5-15-31-55/h1-49H/i40D,41D,42D,43D. The molecule has 0 fully saturated rings. The van der Waals surface area contributed by atoms with Crippen molar-refractivity contribution in [1.82, 2.24) is 4.57 Å². The van der Waals surface area contributed by atoms with Crippen LogP contribution in [0.4, 0.5) is 34.1 Å². The molecular formula is C71H49N3. The third-order valence-electron chi connectivity index (χ3n) is 14.9. The Morgan fingerprint density at radius 3 is 1.54 bits per heavy atom. The van der Waals surface area contributed by atoms with Crippen LogP contribution in [0.2, 0.25) is 0 Å². The maximum absolute atomic E-state index is 10.0. The second kappa shape index (κ2) is 17.9. The van der Waals surface area contributed by atoms with Crippen LogP contribution in [0, 0.1) is 0 Å². The van der Waals surface area contributed by atoms with E-state index in [0.29, 0.717) is 11.3 Å². The highest BCUT2D eigenvalue weighted by molar-refractivity contribution is 6.11. The highest BCUT2D eigenvalue weighted by Crippen LogP contribution is 2.57. The first-order chi connectivity index (χ1) is 38.4. The molecule has 3 heteroatoms. The molecule has 0 unspecified atom stereocenters. The van der Waals surface area contributed by atoms with Crippen LogP contribution in [0.1, 0.15) is 27.7 Å². The van der Waals surface area contributed by atoms with Gasteiger partial charge in [-0.05, 0) is 135 Å². The molecule has 1 aromatic heterocycles. The van der Waals surface area contributed by atoms with E-state index in [1.165, 1.54) is 10.9 Å². The molecule has 0 radical (unpaired) electrons. The average Bonchev–Trinajstić information content (AvgIpc) is 4.22. The van der Waals surface area contributed by atoms with Gasteiger partial charge in [-0.3, -0.25) is 0 Å². The molecule has 1 heterocycles. The minimum atomic E-state index is -0.691. The van der Waals surface area contributed by atoms with Gasteiger partial charge in [0.25, 0.3) is 0 Å². The molecule has 0 bridgehead atoms. The third kappa shape index (κ3) is 6.89. The van der Waals surface area contributed by atoms with Gasteiger partial charge in [-0.25, -0.2) is 0 Å². The second-order valence-electron chi connectivity index (χ2n) is 18.9. The number of rotatable bonds is 10. The summed E-state index contributed by atoms with van der Waals surface area (Å²) in [6.07, 6.45) is 0. The van der Waals surface area contributed by atoms with E-state index < -0.39 is 5.41 Å². The number of aromatic nitrogens is 1. The summed E-state index contributed by atoms with van der Waals surface area (Å²) in [4.78, 5) is 4.18.